The van der Waals surface area contributed by atoms with E-state index in [1.54, 1.807) is 0 Å². The van der Waals surface area contributed by atoms with Gasteiger partial charge >= 0.3 is 0 Å². The normalized spacial score (nSPS) is 25.5. The molecule has 0 bridgehead atoms. The van der Waals surface area contributed by atoms with E-state index in [2.05, 4.69) is 34.7 Å². The predicted molar refractivity (Wildman–Crippen MR) is 101 cm³/mol. The molecule has 2 aliphatic rings. The number of carbonyl (C=O) groups excluding carboxylic acids is 1. The first-order valence-electron chi connectivity index (χ1n) is 9.41. The molecule has 136 valence electrons. The Bertz CT molecular complexity index is 787. The summed E-state index contributed by atoms with van der Waals surface area (Å²) in [5.41, 5.74) is 3.28. The van der Waals surface area contributed by atoms with Gasteiger partial charge in [-0.1, -0.05) is 19.1 Å². The van der Waals surface area contributed by atoms with E-state index in [-0.39, 0.29) is 11.9 Å². The van der Waals surface area contributed by atoms with Crippen molar-refractivity contribution in [2.45, 2.75) is 57.2 Å². The zero-order chi connectivity index (χ0) is 18.1. The van der Waals surface area contributed by atoms with Crippen molar-refractivity contribution in [3.8, 4) is 5.75 Å². The fourth-order valence-corrected chi connectivity index (χ4v) is 3.79. The average molecular weight is 351 g/mol. The second-order valence-corrected chi connectivity index (χ2v) is 7.30. The third-order valence-electron chi connectivity index (χ3n) is 5.48. The molecular formula is C21H25N3O2. The summed E-state index contributed by atoms with van der Waals surface area (Å²) in [6.07, 6.45) is 6.36. The van der Waals surface area contributed by atoms with Gasteiger partial charge in [0.1, 0.15) is 5.75 Å². The van der Waals surface area contributed by atoms with Crippen LogP contribution in [0.15, 0.2) is 42.7 Å². The lowest BCUT2D eigenvalue weighted by atomic mass is 9.76. The molecular weight excluding hydrogens is 326 g/mol. The maximum absolute atomic E-state index is 11.9. The van der Waals surface area contributed by atoms with Crippen LogP contribution in [0.4, 0.5) is 5.69 Å². The summed E-state index contributed by atoms with van der Waals surface area (Å²) in [4.78, 5) is 16.1. The van der Waals surface area contributed by atoms with Crippen LogP contribution in [-0.4, -0.2) is 23.0 Å². The second kappa shape index (κ2) is 7.08. The molecule has 0 radical (unpaired) electrons. The van der Waals surface area contributed by atoms with Crippen LogP contribution in [0.1, 0.15) is 56.2 Å². The van der Waals surface area contributed by atoms with E-state index in [1.807, 2.05) is 37.5 Å². The minimum absolute atomic E-state index is 0.0603. The van der Waals surface area contributed by atoms with Crippen LogP contribution in [0.25, 0.3) is 0 Å². The lowest BCUT2D eigenvalue weighted by Gasteiger charge is -2.38. The number of hydrogen-bond acceptors (Lipinski definition) is 4. The molecule has 1 aliphatic heterocycles. The summed E-state index contributed by atoms with van der Waals surface area (Å²) in [5.74, 6) is 1.32. The predicted octanol–water partition coefficient (Wildman–Crippen LogP) is 3.79. The van der Waals surface area contributed by atoms with Gasteiger partial charge in [0.25, 0.3) is 5.91 Å². The van der Waals surface area contributed by atoms with Gasteiger partial charge in [-0.15, -0.1) is 0 Å². The van der Waals surface area contributed by atoms with Gasteiger partial charge in [0.15, 0.2) is 6.10 Å². The maximum Gasteiger partial charge on any atom is 0.265 e. The average Bonchev–Trinajstić information content (AvgIpc) is 2.63. The van der Waals surface area contributed by atoms with Crippen LogP contribution in [0.2, 0.25) is 0 Å². The number of anilines is 1. The Morgan fingerprint density at radius 1 is 1.35 bits per heavy atom. The van der Waals surface area contributed by atoms with E-state index in [0.29, 0.717) is 18.4 Å². The standard InChI is InChI=1S/C21H25N3O2/c1-3-19-21(25)24-18-7-6-14(11-20(18)26-19)13(2)23-17-9-16(10-17)15-5-4-8-22-12-15/h4-8,11-13,16-17,19,23H,3,9-10H2,1-2H3,(H,24,25). The lowest BCUT2D eigenvalue weighted by molar-refractivity contribution is -0.123. The van der Waals surface area contributed by atoms with Crippen LogP contribution < -0.4 is 15.4 Å². The smallest absolute Gasteiger partial charge is 0.265 e. The van der Waals surface area contributed by atoms with Gasteiger partial charge in [-0.05, 0) is 61.4 Å². The Kier molecular flexibility index (Phi) is 4.64. The summed E-state index contributed by atoms with van der Waals surface area (Å²) < 4.78 is 5.86. The number of nitrogens with one attached hydrogen (secondary N) is 2. The molecule has 2 aromatic rings. The quantitative estimate of drug-likeness (QED) is 0.860. The molecule has 1 aliphatic carbocycles. The molecule has 1 fully saturated rings. The van der Waals surface area contributed by atoms with Crippen molar-refractivity contribution < 1.29 is 9.53 Å². The van der Waals surface area contributed by atoms with Crippen LogP contribution in [-0.2, 0) is 4.79 Å². The number of rotatable bonds is 5. The summed E-state index contributed by atoms with van der Waals surface area (Å²) in [7, 11) is 0. The first kappa shape index (κ1) is 17.0. The van der Waals surface area contributed by atoms with Crippen molar-refractivity contribution in [2.75, 3.05) is 5.32 Å². The van der Waals surface area contributed by atoms with Crippen molar-refractivity contribution in [3.63, 3.8) is 0 Å². The molecule has 2 N–H and O–H groups in total. The van der Waals surface area contributed by atoms with Crippen molar-refractivity contribution in [3.05, 3.63) is 53.9 Å². The molecule has 1 aromatic heterocycles. The topological polar surface area (TPSA) is 63.2 Å². The first-order chi connectivity index (χ1) is 12.6. The zero-order valence-corrected chi connectivity index (χ0v) is 15.2. The monoisotopic (exact) mass is 351 g/mol. The largest absolute Gasteiger partial charge is 0.478 e. The Balaban J connectivity index is 1.37. The number of hydrogen-bond donors (Lipinski definition) is 2. The third kappa shape index (κ3) is 3.31. The summed E-state index contributed by atoms with van der Waals surface area (Å²) in [6.45, 7) is 4.14. The van der Waals surface area contributed by atoms with Gasteiger partial charge in [0.05, 0.1) is 5.69 Å². The molecule has 1 amide bonds. The van der Waals surface area contributed by atoms with Crippen LogP contribution in [0.5, 0.6) is 5.75 Å². The van der Waals surface area contributed by atoms with Crippen molar-refractivity contribution >= 4 is 11.6 Å². The highest BCUT2D eigenvalue weighted by molar-refractivity contribution is 5.97. The highest BCUT2D eigenvalue weighted by Gasteiger charge is 2.32. The number of nitrogens with zero attached hydrogens (tertiary/aromatic N) is 1. The molecule has 1 saturated carbocycles. The van der Waals surface area contributed by atoms with Crippen molar-refractivity contribution in [1.29, 1.82) is 0 Å². The van der Waals surface area contributed by atoms with E-state index in [1.165, 1.54) is 11.1 Å². The molecule has 2 heterocycles. The number of pyridine rings is 1. The van der Waals surface area contributed by atoms with Crippen molar-refractivity contribution in [1.82, 2.24) is 10.3 Å². The third-order valence-corrected chi connectivity index (χ3v) is 5.48. The van der Waals surface area contributed by atoms with E-state index in [0.717, 1.165) is 24.3 Å². The number of carbonyl (C=O) groups is 1. The molecule has 2 atom stereocenters. The van der Waals surface area contributed by atoms with Crippen LogP contribution >= 0.6 is 0 Å². The van der Waals surface area contributed by atoms with E-state index in [4.69, 9.17) is 4.74 Å². The number of ether oxygens (including phenoxy) is 1. The zero-order valence-electron chi connectivity index (χ0n) is 15.2. The van der Waals surface area contributed by atoms with E-state index < -0.39 is 6.10 Å². The number of amides is 1. The molecule has 0 saturated heterocycles. The number of benzene rings is 1. The van der Waals surface area contributed by atoms with Crippen LogP contribution in [0, 0.1) is 0 Å². The molecule has 5 nitrogen and oxygen atoms in total. The number of aromatic nitrogens is 1. The van der Waals surface area contributed by atoms with Gasteiger partial charge in [-0.2, -0.15) is 0 Å². The molecule has 2 unspecified atom stereocenters. The van der Waals surface area contributed by atoms with Gasteiger partial charge in [-0.25, -0.2) is 0 Å². The summed E-state index contributed by atoms with van der Waals surface area (Å²) in [6, 6.07) is 11.0. The minimum Gasteiger partial charge on any atom is -0.478 e. The van der Waals surface area contributed by atoms with E-state index >= 15 is 0 Å². The molecule has 5 heteroatoms. The molecule has 26 heavy (non-hydrogen) atoms. The highest BCUT2D eigenvalue weighted by atomic mass is 16.5. The summed E-state index contributed by atoms with van der Waals surface area (Å²) >= 11 is 0. The van der Waals surface area contributed by atoms with Gasteiger partial charge in [-0.3, -0.25) is 9.78 Å². The summed E-state index contributed by atoms with van der Waals surface area (Å²) in [5, 5.41) is 6.63. The van der Waals surface area contributed by atoms with Crippen molar-refractivity contribution in [2.24, 2.45) is 0 Å². The van der Waals surface area contributed by atoms with Gasteiger partial charge in [0, 0.05) is 24.5 Å². The molecule has 4 rings (SSSR count). The fourth-order valence-electron chi connectivity index (χ4n) is 3.79. The SMILES string of the molecule is CCC1Oc2cc(C(C)NC3CC(c4cccnc4)C3)ccc2NC1=O. The molecule has 1 aromatic carbocycles. The van der Waals surface area contributed by atoms with Crippen LogP contribution in [0.3, 0.4) is 0 Å². The lowest BCUT2D eigenvalue weighted by Crippen LogP contribution is -2.41. The number of fused-ring (bicyclic) bond motifs is 1. The minimum atomic E-state index is -0.395. The highest BCUT2D eigenvalue weighted by Crippen LogP contribution is 2.38. The second-order valence-electron chi connectivity index (χ2n) is 7.30. The van der Waals surface area contributed by atoms with Gasteiger partial charge < -0.3 is 15.4 Å². The van der Waals surface area contributed by atoms with Gasteiger partial charge in [0.2, 0.25) is 0 Å². The fraction of sp³-hybridized carbons (Fsp3) is 0.429. The Hall–Kier alpha value is -2.40. The van der Waals surface area contributed by atoms with E-state index in [9.17, 15) is 4.79 Å². The Labute approximate surface area is 154 Å². The molecule has 0 spiro atoms. The first-order valence-corrected chi connectivity index (χ1v) is 9.41. The Morgan fingerprint density at radius 2 is 2.19 bits per heavy atom. The Morgan fingerprint density at radius 3 is 2.92 bits per heavy atom. The maximum atomic E-state index is 11.9.